The van der Waals surface area contributed by atoms with Crippen molar-refractivity contribution < 1.29 is 13.4 Å². The molecule has 0 fully saturated rings. The normalized spacial score (nSPS) is 14.8. The van der Waals surface area contributed by atoms with Crippen LogP contribution in [0, 0.1) is 0 Å². The van der Waals surface area contributed by atoms with Crippen molar-refractivity contribution >= 4 is 18.8 Å². The van der Waals surface area contributed by atoms with Crippen LogP contribution in [0.2, 0.25) is 0 Å². The van der Waals surface area contributed by atoms with E-state index < -0.39 is 7.40 Å². The third-order valence-electron chi connectivity index (χ3n) is 3.65. The maximum Gasteiger partial charge on any atom is 0.677 e. The molecule has 2 aromatic rings. The van der Waals surface area contributed by atoms with Crippen LogP contribution in [0.5, 0.6) is 5.75 Å². The number of benzene rings is 1. The molecule has 3 rings (SSSR count). The SMILES string of the molecule is COc1ccc(/C(=C2/C=CC(N=[N+]=[N-])=N2)c2cccn2B(F)F)cc1. The Labute approximate surface area is 142 Å². The van der Waals surface area contributed by atoms with Gasteiger partial charge in [0.25, 0.3) is 0 Å². The number of halogens is 2. The molecule has 6 nitrogen and oxygen atoms in total. The first kappa shape index (κ1) is 16.5. The molecule has 124 valence electrons. The zero-order chi connectivity index (χ0) is 17.8. The Balaban J connectivity index is 2.20. The van der Waals surface area contributed by atoms with Gasteiger partial charge in [-0.25, -0.2) is 4.99 Å². The summed E-state index contributed by atoms with van der Waals surface area (Å²) in [4.78, 5) is 6.92. The first-order valence-corrected chi connectivity index (χ1v) is 7.30. The molecule has 0 N–H and O–H groups in total. The number of aromatic nitrogens is 1. The minimum atomic E-state index is -2.69. The second-order valence-electron chi connectivity index (χ2n) is 5.06. The average molecular weight is 339 g/mol. The number of nitrogens with zero attached hydrogens (tertiary/aromatic N) is 5. The topological polar surface area (TPSA) is 75.3 Å². The average Bonchev–Trinajstić information content (AvgIpc) is 3.26. The van der Waals surface area contributed by atoms with Crippen LogP contribution in [0.25, 0.3) is 16.0 Å². The molecular weight excluding hydrogens is 327 g/mol. The molecule has 2 heterocycles. The first-order valence-electron chi connectivity index (χ1n) is 7.30. The second-order valence-corrected chi connectivity index (χ2v) is 5.06. The number of amidine groups is 1. The summed E-state index contributed by atoms with van der Waals surface area (Å²) in [5.74, 6) is 0.830. The van der Waals surface area contributed by atoms with Gasteiger partial charge in [-0.05, 0) is 58.8 Å². The van der Waals surface area contributed by atoms with E-state index in [-0.39, 0.29) is 5.84 Å². The van der Waals surface area contributed by atoms with Crippen molar-refractivity contribution in [1.29, 1.82) is 0 Å². The summed E-state index contributed by atoms with van der Waals surface area (Å²) in [6, 6.07) is 10.1. The molecule has 9 heteroatoms. The van der Waals surface area contributed by atoms with E-state index in [1.165, 1.54) is 12.3 Å². The standard InChI is InChI=1S/C16H12BF2N5O/c1-25-12-6-4-11(5-7-12)16(13-8-9-15(21-13)22-23-20)14-3-2-10-24(14)17(18)19/h2-10H,1H3/b16-13+. The van der Waals surface area contributed by atoms with Gasteiger partial charge in [-0.2, -0.15) is 0 Å². The number of azide groups is 1. The van der Waals surface area contributed by atoms with Crippen molar-refractivity contribution in [3.05, 3.63) is 82.1 Å². The lowest BCUT2D eigenvalue weighted by molar-refractivity contribution is 0.415. The van der Waals surface area contributed by atoms with Crippen LogP contribution in [0.15, 0.2) is 70.6 Å². The van der Waals surface area contributed by atoms with E-state index in [0.29, 0.717) is 28.3 Å². The fraction of sp³-hybridized carbons (Fsp3) is 0.0625. The van der Waals surface area contributed by atoms with Crippen molar-refractivity contribution in [3.63, 3.8) is 0 Å². The minimum Gasteiger partial charge on any atom is -0.497 e. The van der Waals surface area contributed by atoms with Crippen LogP contribution in [-0.4, -0.2) is 24.8 Å². The Kier molecular flexibility index (Phi) is 4.67. The predicted octanol–water partition coefficient (Wildman–Crippen LogP) is 4.31. The van der Waals surface area contributed by atoms with Gasteiger partial charge < -0.3 is 9.21 Å². The molecule has 0 aliphatic carbocycles. The predicted molar refractivity (Wildman–Crippen MR) is 92.5 cm³/mol. The van der Waals surface area contributed by atoms with E-state index in [9.17, 15) is 8.63 Å². The van der Waals surface area contributed by atoms with Crippen LogP contribution in [-0.2, 0) is 0 Å². The quantitative estimate of drug-likeness (QED) is 0.354. The monoisotopic (exact) mass is 339 g/mol. The summed E-state index contributed by atoms with van der Waals surface area (Å²) in [5.41, 5.74) is 10.5. The van der Waals surface area contributed by atoms with Gasteiger partial charge in [0.15, 0.2) is 0 Å². The molecule has 0 radical (unpaired) electrons. The van der Waals surface area contributed by atoms with Crippen LogP contribution < -0.4 is 4.74 Å². The highest BCUT2D eigenvalue weighted by Gasteiger charge is 2.24. The third-order valence-corrected chi connectivity index (χ3v) is 3.65. The molecule has 0 atom stereocenters. The maximum absolute atomic E-state index is 13.3. The number of methoxy groups -OCH3 is 1. The Bertz CT molecular complexity index is 924. The van der Waals surface area contributed by atoms with Gasteiger partial charge in [0, 0.05) is 16.2 Å². The van der Waals surface area contributed by atoms with Crippen LogP contribution in [0.3, 0.4) is 0 Å². The van der Waals surface area contributed by atoms with Crippen LogP contribution in [0.1, 0.15) is 11.3 Å². The van der Waals surface area contributed by atoms with Gasteiger partial charge in [-0.1, -0.05) is 12.1 Å². The number of hydrogen-bond acceptors (Lipinski definition) is 3. The van der Waals surface area contributed by atoms with Gasteiger partial charge in [0.05, 0.1) is 12.8 Å². The number of ether oxygens (including phenoxy) is 1. The van der Waals surface area contributed by atoms with Crippen molar-refractivity contribution in [2.75, 3.05) is 7.11 Å². The second kappa shape index (κ2) is 7.06. The van der Waals surface area contributed by atoms with E-state index in [2.05, 4.69) is 15.0 Å². The Hall–Kier alpha value is -3.32. The highest BCUT2D eigenvalue weighted by atomic mass is 19.2. The Morgan fingerprint density at radius 2 is 2.00 bits per heavy atom. The largest absolute Gasteiger partial charge is 0.677 e. The molecule has 1 aromatic heterocycles. The number of aliphatic imine (C=N–C) groups is 1. The van der Waals surface area contributed by atoms with Crippen molar-refractivity contribution in [1.82, 2.24) is 4.48 Å². The minimum absolute atomic E-state index is 0.179. The molecule has 1 aromatic carbocycles. The molecule has 0 amide bonds. The maximum atomic E-state index is 13.3. The van der Waals surface area contributed by atoms with E-state index in [1.807, 2.05) is 0 Å². The molecule has 0 unspecified atom stereocenters. The lowest BCUT2D eigenvalue weighted by atomic mass is 9.99. The van der Waals surface area contributed by atoms with Crippen molar-refractivity contribution in [2.24, 2.45) is 10.1 Å². The summed E-state index contributed by atoms with van der Waals surface area (Å²) < 4.78 is 32.7. The number of rotatable bonds is 4. The highest BCUT2D eigenvalue weighted by molar-refractivity contribution is 6.41. The highest BCUT2D eigenvalue weighted by Crippen LogP contribution is 2.32. The van der Waals surface area contributed by atoms with Gasteiger partial charge in [0.2, 0.25) is 0 Å². The Morgan fingerprint density at radius 1 is 1.24 bits per heavy atom. The van der Waals surface area contributed by atoms with E-state index >= 15 is 0 Å². The fourth-order valence-corrected chi connectivity index (χ4v) is 2.55. The summed E-state index contributed by atoms with van der Waals surface area (Å²) in [6.07, 6.45) is 4.47. The van der Waals surface area contributed by atoms with E-state index in [0.717, 1.165) is 4.48 Å². The molecule has 1 aliphatic heterocycles. The zero-order valence-corrected chi connectivity index (χ0v) is 13.2. The lowest BCUT2D eigenvalue weighted by Gasteiger charge is -2.13. The third kappa shape index (κ3) is 3.31. The fourth-order valence-electron chi connectivity index (χ4n) is 2.55. The molecule has 1 aliphatic rings. The molecule has 25 heavy (non-hydrogen) atoms. The van der Waals surface area contributed by atoms with E-state index in [4.69, 9.17) is 10.3 Å². The smallest absolute Gasteiger partial charge is 0.497 e. The molecule has 0 spiro atoms. The molecule has 0 saturated carbocycles. The van der Waals surface area contributed by atoms with Gasteiger partial charge in [-0.3, -0.25) is 8.63 Å². The first-order chi connectivity index (χ1) is 12.1. The molecular formula is C16H12BF2N5O. The molecule has 0 saturated heterocycles. The summed E-state index contributed by atoms with van der Waals surface area (Å²) in [7, 11) is -1.14. The zero-order valence-electron chi connectivity index (χ0n) is 13.2. The number of allylic oxidation sites excluding steroid dienone is 1. The number of hydrogen-bond donors (Lipinski definition) is 0. The van der Waals surface area contributed by atoms with Gasteiger partial charge in [0.1, 0.15) is 11.6 Å². The van der Waals surface area contributed by atoms with Crippen molar-refractivity contribution in [3.8, 4) is 5.75 Å². The summed E-state index contributed by atoms with van der Waals surface area (Å²) in [6.45, 7) is 0. The van der Waals surface area contributed by atoms with Crippen LogP contribution in [0.4, 0.5) is 8.63 Å². The Morgan fingerprint density at radius 3 is 2.64 bits per heavy atom. The van der Waals surface area contributed by atoms with Gasteiger partial charge in [-0.15, -0.1) is 0 Å². The molecule has 0 bridgehead atoms. The van der Waals surface area contributed by atoms with Crippen LogP contribution >= 0.6 is 0 Å². The van der Waals surface area contributed by atoms with Gasteiger partial charge >= 0.3 is 7.40 Å². The van der Waals surface area contributed by atoms with Crippen molar-refractivity contribution in [2.45, 2.75) is 0 Å². The summed E-state index contributed by atoms with van der Waals surface area (Å²) >= 11 is 0. The summed E-state index contributed by atoms with van der Waals surface area (Å²) in [5, 5.41) is 3.45. The lowest BCUT2D eigenvalue weighted by Crippen LogP contribution is -2.15. The van der Waals surface area contributed by atoms with E-state index in [1.54, 1.807) is 49.6 Å².